The van der Waals surface area contributed by atoms with Gasteiger partial charge < -0.3 is 19.3 Å². The van der Waals surface area contributed by atoms with Crippen LogP contribution in [0.25, 0.3) is 0 Å². The van der Waals surface area contributed by atoms with Gasteiger partial charge in [-0.2, -0.15) is 0 Å². The lowest BCUT2D eigenvalue weighted by molar-refractivity contribution is -0.142. The molecule has 31 heavy (non-hydrogen) atoms. The molecule has 0 saturated heterocycles. The van der Waals surface area contributed by atoms with Crippen LogP contribution in [0.2, 0.25) is 0 Å². The number of hydrogen-bond donors (Lipinski definition) is 0. The van der Waals surface area contributed by atoms with Gasteiger partial charge in [-0.25, -0.2) is 4.39 Å². The molecule has 8 heteroatoms. The summed E-state index contributed by atoms with van der Waals surface area (Å²) >= 11 is 1.68. The number of fused-ring (bicyclic) bond motifs is 1. The molecule has 2 aromatic rings. The topological polar surface area (TPSA) is 59.1 Å². The van der Waals surface area contributed by atoms with Crippen molar-refractivity contribution in [3.8, 4) is 5.75 Å². The fourth-order valence-corrected chi connectivity index (χ4v) is 4.68. The molecule has 0 bridgehead atoms. The van der Waals surface area contributed by atoms with E-state index in [2.05, 4.69) is 0 Å². The molecule has 0 saturated carbocycles. The van der Waals surface area contributed by atoms with Crippen molar-refractivity contribution >= 4 is 23.2 Å². The van der Waals surface area contributed by atoms with E-state index in [0.717, 1.165) is 12.0 Å². The first-order valence-electron chi connectivity index (χ1n) is 10.5. The largest absolute Gasteiger partial charge is 0.491 e. The Kier molecular flexibility index (Phi) is 8.43. The van der Waals surface area contributed by atoms with Crippen molar-refractivity contribution in [2.45, 2.75) is 32.2 Å². The smallest absolute Gasteiger partial charge is 0.242 e. The lowest BCUT2D eigenvalue weighted by Gasteiger charge is -2.37. The van der Waals surface area contributed by atoms with Gasteiger partial charge >= 0.3 is 0 Å². The highest BCUT2D eigenvalue weighted by Crippen LogP contribution is 2.34. The van der Waals surface area contributed by atoms with Gasteiger partial charge in [-0.05, 0) is 54.1 Å². The summed E-state index contributed by atoms with van der Waals surface area (Å²) in [6, 6.07) is 7.65. The first-order chi connectivity index (χ1) is 15.0. The van der Waals surface area contributed by atoms with Gasteiger partial charge in [0.1, 0.15) is 18.2 Å². The molecule has 168 valence electrons. The maximum absolute atomic E-state index is 13.3. The number of rotatable bonds is 10. The fourth-order valence-electron chi connectivity index (χ4n) is 3.75. The first-order valence-corrected chi connectivity index (χ1v) is 11.4. The molecule has 2 amide bonds. The van der Waals surface area contributed by atoms with Crippen molar-refractivity contribution in [1.29, 1.82) is 0 Å². The van der Waals surface area contributed by atoms with E-state index < -0.39 is 0 Å². The minimum absolute atomic E-state index is 0.0445. The number of ether oxygens (including phenoxy) is 2. The Morgan fingerprint density at radius 1 is 1.26 bits per heavy atom. The van der Waals surface area contributed by atoms with Crippen LogP contribution in [0.15, 0.2) is 35.7 Å². The van der Waals surface area contributed by atoms with Crippen LogP contribution >= 0.6 is 11.3 Å². The summed E-state index contributed by atoms with van der Waals surface area (Å²) in [5.74, 6) is 0.0928. The van der Waals surface area contributed by atoms with Crippen molar-refractivity contribution in [1.82, 2.24) is 9.80 Å². The van der Waals surface area contributed by atoms with E-state index in [9.17, 15) is 14.0 Å². The molecule has 6 nitrogen and oxygen atoms in total. The molecule has 0 unspecified atom stereocenters. The fraction of sp³-hybridized carbons (Fsp3) is 0.478. The molecule has 1 aliphatic heterocycles. The van der Waals surface area contributed by atoms with E-state index in [0.29, 0.717) is 38.3 Å². The molecule has 0 N–H and O–H groups in total. The minimum Gasteiger partial charge on any atom is -0.491 e. The lowest BCUT2D eigenvalue weighted by atomic mass is 10.0. The van der Waals surface area contributed by atoms with Crippen LogP contribution in [0, 0.1) is 5.82 Å². The van der Waals surface area contributed by atoms with Crippen LogP contribution in [0.4, 0.5) is 4.39 Å². The normalized spacial score (nSPS) is 15.5. The van der Waals surface area contributed by atoms with Gasteiger partial charge in [-0.1, -0.05) is 6.92 Å². The Balaban J connectivity index is 1.72. The SMILES string of the molecule is CCC(=O)N(CCCOC)CC(=O)N1CCc2sccc2[C@H]1COc1ccc(F)cc1. The van der Waals surface area contributed by atoms with Gasteiger partial charge in [0.15, 0.2) is 0 Å². The van der Waals surface area contributed by atoms with Crippen molar-refractivity contribution in [2.75, 3.05) is 40.0 Å². The summed E-state index contributed by atoms with van der Waals surface area (Å²) in [6.07, 6.45) is 1.82. The van der Waals surface area contributed by atoms with E-state index in [4.69, 9.17) is 9.47 Å². The number of halogens is 1. The predicted molar refractivity (Wildman–Crippen MR) is 118 cm³/mol. The third-order valence-corrected chi connectivity index (χ3v) is 6.39. The third kappa shape index (κ3) is 6.04. The maximum atomic E-state index is 13.3. The van der Waals surface area contributed by atoms with Crippen molar-refractivity contribution in [2.24, 2.45) is 0 Å². The number of hydrogen-bond acceptors (Lipinski definition) is 5. The molecule has 1 aromatic carbocycles. The Bertz CT molecular complexity index is 871. The number of carbonyl (C=O) groups is 2. The Morgan fingerprint density at radius 3 is 2.74 bits per heavy atom. The van der Waals surface area contributed by atoms with E-state index >= 15 is 0 Å². The molecule has 3 rings (SSSR count). The van der Waals surface area contributed by atoms with Gasteiger partial charge in [0.2, 0.25) is 11.8 Å². The summed E-state index contributed by atoms with van der Waals surface area (Å²) < 4.78 is 24.2. The molecule has 0 spiro atoms. The Labute approximate surface area is 186 Å². The third-order valence-electron chi connectivity index (χ3n) is 5.39. The van der Waals surface area contributed by atoms with Crippen LogP contribution in [0.3, 0.4) is 0 Å². The average Bonchev–Trinajstić information content (AvgIpc) is 3.26. The van der Waals surface area contributed by atoms with Crippen LogP contribution < -0.4 is 4.74 Å². The monoisotopic (exact) mass is 448 g/mol. The predicted octanol–water partition coefficient (Wildman–Crippen LogP) is 3.67. The molecule has 0 aliphatic carbocycles. The van der Waals surface area contributed by atoms with E-state index in [1.54, 1.807) is 42.4 Å². The maximum Gasteiger partial charge on any atom is 0.242 e. The number of nitrogens with zero attached hydrogens (tertiary/aromatic N) is 2. The molecular formula is C23H29FN2O4S. The zero-order valence-electron chi connectivity index (χ0n) is 18.0. The zero-order valence-corrected chi connectivity index (χ0v) is 18.8. The molecule has 2 heterocycles. The second-order valence-corrected chi connectivity index (χ2v) is 8.43. The van der Waals surface area contributed by atoms with Crippen molar-refractivity contribution in [3.63, 3.8) is 0 Å². The van der Waals surface area contributed by atoms with Gasteiger partial charge in [0.05, 0.1) is 12.6 Å². The van der Waals surface area contributed by atoms with Crippen molar-refractivity contribution in [3.05, 3.63) is 52.0 Å². The summed E-state index contributed by atoms with van der Waals surface area (Å²) in [5, 5.41) is 2.03. The van der Waals surface area contributed by atoms with Crippen molar-refractivity contribution < 1.29 is 23.5 Å². The van der Waals surface area contributed by atoms with E-state index in [1.165, 1.54) is 17.0 Å². The van der Waals surface area contributed by atoms with Crippen LogP contribution in [-0.4, -0.2) is 61.6 Å². The number of benzene rings is 1. The second-order valence-electron chi connectivity index (χ2n) is 7.43. The summed E-state index contributed by atoms with van der Waals surface area (Å²) in [6.45, 7) is 3.72. The van der Waals surface area contributed by atoms with Gasteiger partial charge in [0, 0.05) is 38.1 Å². The molecule has 1 aliphatic rings. The van der Waals surface area contributed by atoms with Crippen LogP contribution in [0.5, 0.6) is 5.75 Å². The highest BCUT2D eigenvalue weighted by atomic mass is 32.1. The Morgan fingerprint density at radius 2 is 2.03 bits per heavy atom. The van der Waals surface area contributed by atoms with Crippen LogP contribution in [-0.2, 0) is 20.7 Å². The van der Waals surface area contributed by atoms with Gasteiger partial charge in [-0.3, -0.25) is 9.59 Å². The average molecular weight is 449 g/mol. The summed E-state index contributed by atoms with van der Waals surface area (Å²) in [7, 11) is 1.62. The summed E-state index contributed by atoms with van der Waals surface area (Å²) in [4.78, 5) is 30.3. The van der Waals surface area contributed by atoms with Gasteiger partial charge in [-0.15, -0.1) is 11.3 Å². The van der Waals surface area contributed by atoms with Gasteiger partial charge in [0.25, 0.3) is 0 Å². The molecule has 0 radical (unpaired) electrons. The Hall–Kier alpha value is -2.45. The number of methoxy groups -OCH3 is 1. The van der Waals surface area contributed by atoms with Crippen LogP contribution in [0.1, 0.15) is 36.2 Å². The molecule has 0 fully saturated rings. The number of thiophene rings is 1. The second kappa shape index (κ2) is 11.2. The summed E-state index contributed by atoms with van der Waals surface area (Å²) in [5.41, 5.74) is 1.08. The highest BCUT2D eigenvalue weighted by molar-refractivity contribution is 7.10. The molecule has 1 aromatic heterocycles. The lowest BCUT2D eigenvalue weighted by Crippen LogP contribution is -2.48. The molecular weight excluding hydrogens is 419 g/mol. The number of carbonyl (C=O) groups excluding carboxylic acids is 2. The first kappa shape index (κ1) is 23.2. The minimum atomic E-state index is -0.323. The quantitative estimate of drug-likeness (QED) is 0.521. The van der Waals surface area contributed by atoms with E-state index in [-0.39, 0.29) is 36.8 Å². The highest BCUT2D eigenvalue weighted by Gasteiger charge is 2.33. The molecule has 1 atom stereocenters. The zero-order chi connectivity index (χ0) is 22.2. The standard InChI is InChI=1S/C23H29FN2O4S/c1-3-22(27)25(11-4-13-29-2)15-23(28)26-12-9-21-19(10-14-31-21)20(26)16-30-18-7-5-17(24)6-8-18/h5-8,10,14,20H,3-4,9,11-13,15-16H2,1-2H3/t20-/m1/s1. The van der Waals surface area contributed by atoms with E-state index in [1.807, 2.05) is 16.3 Å². The number of amides is 2.